The third-order valence-electron chi connectivity index (χ3n) is 3.42. The summed E-state index contributed by atoms with van der Waals surface area (Å²) in [6.07, 6.45) is 4.84. The van der Waals surface area contributed by atoms with Crippen molar-refractivity contribution in [1.29, 1.82) is 0 Å². The van der Waals surface area contributed by atoms with E-state index in [9.17, 15) is 4.79 Å². The third kappa shape index (κ3) is 2.84. The summed E-state index contributed by atoms with van der Waals surface area (Å²) in [6, 6.07) is 11.5. The van der Waals surface area contributed by atoms with E-state index in [1.807, 2.05) is 30.3 Å². The summed E-state index contributed by atoms with van der Waals surface area (Å²) in [6.45, 7) is 4.78. The minimum absolute atomic E-state index is 0.0478. The van der Waals surface area contributed by atoms with Crippen LogP contribution in [0.5, 0.6) is 0 Å². The van der Waals surface area contributed by atoms with Gasteiger partial charge in [-0.05, 0) is 44.2 Å². The molecule has 1 aliphatic heterocycles. The molecule has 0 saturated heterocycles. The number of furan rings is 1. The number of amides is 1. The molecule has 0 saturated carbocycles. The average Bonchev–Trinajstić information content (AvgIpc) is 2.96. The SMILES string of the molecule is CC1(C)CN(C(=O)/C=C/c2ccco2)c2ccccc2N1. The summed E-state index contributed by atoms with van der Waals surface area (Å²) in [5, 5.41) is 3.45. The zero-order valence-electron chi connectivity index (χ0n) is 12.2. The van der Waals surface area contributed by atoms with Gasteiger partial charge in [0.25, 0.3) is 5.91 Å². The molecule has 1 aromatic carbocycles. The molecule has 0 fully saturated rings. The fourth-order valence-corrected chi connectivity index (χ4v) is 2.53. The van der Waals surface area contributed by atoms with Gasteiger partial charge in [-0.25, -0.2) is 0 Å². The molecule has 4 heteroatoms. The van der Waals surface area contributed by atoms with E-state index in [2.05, 4.69) is 19.2 Å². The number of benzene rings is 1. The first kappa shape index (κ1) is 13.5. The zero-order valence-corrected chi connectivity index (χ0v) is 12.2. The highest BCUT2D eigenvalue weighted by Crippen LogP contribution is 2.34. The molecule has 0 aliphatic carbocycles. The Labute approximate surface area is 124 Å². The Hall–Kier alpha value is -2.49. The summed E-state index contributed by atoms with van der Waals surface area (Å²) in [5.41, 5.74) is 1.72. The van der Waals surface area contributed by atoms with E-state index >= 15 is 0 Å². The fraction of sp³-hybridized carbons (Fsp3) is 0.235. The molecule has 1 amide bonds. The molecular formula is C17H18N2O2. The Kier molecular flexibility index (Phi) is 3.29. The zero-order chi connectivity index (χ0) is 14.9. The van der Waals surface area contributed by atoms with Gasteiger partial charge in [0, 0.05) is 18.2 Å². The van der Waals surface area contributed by atoms with Crippen LogP contribution in [0.25, 0.3) is 6.08 Å². The molecule has 1 N–H and O–H groups in total. The molecule has 0 unspecified atom stereocenters. The van der Waals surface area contributed by atoms with E-state index in [0.717, 1.165) is 11.4 Å². The number of carbonyl (C=O) groups excluding carboxylic acids is 1. The van der Waals surface area contributed by atoms with Crippen LogP contribution < -0.4 is 10.2 Å². The first-order valence-electron chi connectivity index (χ1n) is 6.95. The lowest BCUT2D eigenvalue weighted by molar-refractivity contribution is -0.114. The number of anilines is 2. The number of fused-ring (bicyclic) bond motifs is 1. The van der Waals surface area contributed by atoms with Crippen molar-refractivity contribution in [2.75, 3.05) is 16.8 Å². The van der Waals surface area contributed by atoms with Gasteiger partial charge in [0.15, 0.2) is 0 Å². The van der Waals surface area contributed by atoms with Crippen LogP contribution in [-0.4, -0.2) is 18.0 Å². The quantitative estimate of drug-likeness (QED) is 0.857. The van der Waals surface area contributed by atoms with Crippen molar-refractivity contribution in [3.63, 3.8) is 0 Å². The van der Waals surface area contributed by atoms with Crippen molar-refractivity contribution in [3.8, 4) is 0 Å². The molecule has 2 aromatic rings. The normalized spacial score (nSPS) is 16.6. The second-order valence-electron chi connectivity index (χ2n) is 5.80. The Bertz CT molecular complexity index is 672. The van der Waals surface area contributed by atoms with Gasteiger partial charge in [0.2, 0.25) is 0 Å². The van der Waals surface area contributed by atoms with Gasteiger partial charge < -0.3 is 14.6 Å². The first-order valence-corrected chi connectivity index (χ1v) is 6.95. The highest BCUT2D eigenvalue weighted by atomic mass is 16.3. The molecular weight excluding hydrogens is 264 g/mol. The standard InChI is InChI=1S/C17H18N2O2/c1-17(2)12-19(15-8-4-3-7-14(15)18-17)16(20)10-9-13-6-5-11-21-13/h3-11,18H,12H2,1-2H3/b10-9+. The molecule has 1 aromatic heterocycles. The van der Waals surface area contributed by atoms with E-state index < -0.39 is 0 Å². The maximum absolute atomic E-state index is 12.5. The molecule has 0 bridgehead atoms. The Balaban J connectivity index is 1.89. The molecule has 1 aliphatic rings. The Morgan fingerprint density at radius 1 is 1.29 bits per heavy atom. The minimum atomic E-state index is -0.164. The predicted octanol–water partition coefficient (Wildman–Crippen LogP) is 3.53. The molecule has 0 radical (unpaired) electrons. The number of carbonyl (C=O) groups is 1. The van der Waals surface area contributed by atoms with Crippen LogP contribution in [0.15, 0.2) is 53.2 Å². The minimum Gasteiger partial charge on any atom is -0.465 e. The van der Waals surface area contributed by atoms with E-state index in [1.165, 1.54) is 0 Å². The Morgan fingerprint density at radius 2 is 2.10 bits per heavy atom. The van der Waals surface area contributed by atoms with Gasteiger partial charge in [-0.15, -0.1) is 0 Å². The maximum atomic E-state index is 12.5. The molecule has 0 spiro atoms. The molecule has 108 valence electrons. The van der Waals surface area contributed by atoms with Crippen molar-refractivity contribution in [3.05, 3.63) is 54.5 Å². The largest absolute Gasteiger partial charge is 0.465 e. The lowest BCUT2D eigenvalue weighted by Crippen LogP contribution is -2.50. The monoisotopic (exact) mass is 282 g/mol. The second-order valence-corrected chi connectivity index (χ2v) is 5.80. The van der Waals surface area contributed by atoms with Gasteiger partial charge in [0.1, 0.15) is 5.76 Å². The maximum Gasteiger partial charge on any atom is 0.251 e. The van der Waals surface area contributed by atoms with Crippen LogP contribution in [0.3, 0.4) is 0 Å². The number of rotatable bonds is 2. The van der Waals surface area contributed by atoms with Crippen LogP contribution in [0.4, 0.5) is 11.4 Å². The van der Waals surface area contributed by atoms with Crippen LogP contribution in [0.2, 0.25) is 0 Å². The van der Waals surface area contributed by atoms with Gasteiger partial charge in [-0.1, -0.05) is 12.1 Å². The van der Waals surface area contributed by atoms with Crippen LogP contribution >= 0.6 is 0 Å². The average molecular weight is 282 g/mol. The number of nitrogens with one attached hydrogen (secondary N) is 1. The first-order chi connectivity index (χ1) is 10.1. The summed E-state index contributed by atoms with van der Waals surface area (Å²) in [5.74, 6) is 0.624. The van der Waals surface area contributed by atoms with Crippen molar-refractivity contribution >= 4 is 23.4 Å². The van der Waals surface area contributed by atoms with Gasteiger partial charge in [-0.3, -0.25) is 4.79 Å². The van der Waals surface area contributed by atoms with Gasteiger partial charge in [-0.2, -0.15) is 0 Å². The third-order valence-corrected chi connectivity index (χ3v) is 3.42. The smallest absolute Gasteiger partial charge is 0.251 e. The van der Waals surface area contributed by atoms with Crippen molar-refractivity contribution < 1.29 is 9.21 Å². The van der Waals surface area contributed by atoms with Crippen molar-refractivity contribution in [2.24, 2.45) is 0 Å². The summed E-state index contributed by atoms with van der Waals surface area (Å²) in [7, 11) is 0. The summed E-state index contributed by atoms with van der Waals surface area (Å²) in [4.78, 5) is 14.3. The predicted molar refractivity (Wildman–Crippen MR) is 84.2 cm³/mol. The lowest BCUT2D eigenvalue weighted by Gasteiger charge is -2.40. The van der Waals surface area contributed by atoms with Crippen LogP contribution in [-0.2, 0) is 4.79 Å². The second kappa shape index (κ2) is 5.13. The number of hydrogen-bond acceptors (Lipinski definition) is 3. The van der Waals surface area contributed by atoms with Gasteiger partial charge >= 0.3 is 0 Å². The van der Waals surface area contributed by atoms with Crippen molar-refractivity contribution in [1.82, 2.24) is 0 Å². The van der Waals surface area contributed by atoms with E-state index in [0.29, 0.717) is 12.3 Å². The number of nitrogens with zero attached hydrogens (tertiary/aromatic N) is 1. The van der Waals surface area contributed by atoms with Gasteiger partial charge in [0.05, 0.1) is 17.6 Å². The molecule has 21 heavy (non-hydrogen) atoms. The van der Waals surface area contributed by atoms with E-state index in [-0.39, 0.29) is 11.4 Å². The highest BCUT2D eigenvalue weighted by molar-refractivity contribution is 6.06. The van der Waals surface area contributed by atoms with E-state index in [4.69, 9.17) is 4.42 Å². The van der Waals surface area contributed by atoms with Crippen molar-refractivity contribution in [2.45, 2.75) is 19.4 Å². The van der Waals surface area contributed by atoms with E-state index in [1.54, 1.807) is 29.4 Å². The summed E-state index contributed by atoms with van der Waals surface area (Å²) >= 11 is 0. The molecule has 2 heterocycles. The summed E-state index contributed by atoms with van der Waals surface area (Å²) < 4.78 is 5.21. The topological polar surface area (TPSA) is 45.5 Å². The van der Waals surface area contributed by atoms with Crippen LogP contribution in [0.1, 0.15) is 19.6 Å². The highest BCUT2D eigenvalue weighted by Gasteiger charge is 2.31. The number of hydrogen-bond donors (Lipinski definition) is 1. The fourth-order valence-electron chi connectivity index (χ4n) is 2.53. The molecule has 0 atom stereocenters. The lowest BCUT2D eigenvalue weighted by atomic mass is 9.99. The molecule has 3 rings (SSSR count). The van der Waals surface area contributed by atoms with Crippen LogP contribution in [0, 0.1) is 0 Å². The Morgan fingerprint density at radius 3 is 2.86 bits per heavy atom. The molecule has 4 nitrogen and oxygen atoms in total. The number of para-hydroxylation sites is 2.